The number of nitrogens with zero attached hydrogens (tertiary/aromatic N) is 2. The molecule has 0 atom stereocenters. The van der Waals surface area contributed by atoms with Gasteiger partial charge in [-0.15, -0.1) is 11.3 Å². The van der Waals surface area contributed by atoms with Gasteiger partial charge in [-0.1, -0.05) is 115 Å². The number of para-hydroxylation sites is 1. The summed E-state index contributed by atoms with van der Waals surface area (Å²) in [6.45, 7) is 0. The second-order valence-corrected chi connectivity index (χ2v) is 15.2. The molecule has 12 aromatic rings. The predicted molar refractivity (Wildman–Crippen MR) is 228 cm³/mol. The second-order valence-electron chi connectivity index (χ2n) is 14.1. The molecular weight excluding hydrogens is 661 g/mol. The van der Waals surface area contributed by atoms with Crippen LogP contribution in [-0.4, -0.2) is 9.13 Å². The van der Waals surface area contributed by atoms with E-state index in [-0.39, 0.29) is 0 Å². The molecule has 3 heteroatoms. The smallest absolute Gasteiger partial charge is 0.0547 e. The summed E-state index contributed by atoms with van der Waals surface area (Å²) in [5, 5.41) is 12.7. The summed E-state index contributed by atoms with van der Waals surface area (Å²) in [6, 6.07) is 67.3. The van der Waals surface area contributed by atoms with Gasteiger partial charge >= 0.3 is 0 Å². The second kappa shape index (κ2) is 10.9. The van der Waals surface area contributed by atoms with E-state index in [4.69, 9.17) is 0 Å². The van der Waals surface area contributed by atoms with Crippen molar-refractivity contribution in [2.24, 2.45) is 0 Å². The average molecular weight is 691 g/mol. The van der Waals surface area contributed by atoms with Gasteiger partial charge < -0.3 is 9.13 Å². The van der Waals surface area contributed by atoms with Crippen LogP contribution in [0.2, 0.25) is 0 Å². The third kappa shape index (κ3) is 4.20. The Balaban J connectivity index is 1.08. The Kier molecular flexibility index (Phi) is 5.96. The first-order valence-electron chi connectivity index (χ1n) is 18.2. The Morgan fingerprint density at radius 2 is 0.887 bits per heavy atom. The molecular formula is C50H30N2S. The fraction of sp³-hybridized carbons (Fsp3) is 0. The van der Waals surface area contributed by atoms with E-state index in [1.165, 1.54) is 108 Å². The fourth-order valence-corrected chi connectivity index (χ4v) is 9.97. The molecule has 53 heavy (non-hydrogen) atoms. The quantitative estimate of drug-likeness (QED) is 0.175. The molecule has 246 valence electrons. The summed E-state index contributed by atoms with van der Waals surface area (Å²) in [7, 11) is 0. The molecule has 0 bridgehead atoms. The van der Waals surface area contributed by atoms with Crippen molar-refractivity contribution in [2.75, 3.05) is 0 Å². The molecule has 0 amide bonds. The molecule has 0 fully saturated rings. The first kappa shape index (κ1) is 29.0. The maximum absolute atomic E-state index is 2.46. The van der Waals surface area contributed by atoms with Crippen LogP contribution in [0.5, 0.6) is 0 Å². The number of aromatic nitrogens is 2. The predicted octanol–water partition coefficient (Wildman–Crippen LogP) is 14.2. The van der Waals surface area contributed by atoms with Gasteiger partial charge in [-0.05, 0) is 94.0 Å². The Bertz CT molecular complexity index is 3460. The first-order valence-corrected chi connectivity index (χ1v) is 19.0. The van der Waals surface area contributed by atoms with Crippen molar-refractivity contribution in [3.05, 3.63) is 182 Å². The van der Waals surface area contributed by atoms with Gasteiger partial charge in [0.25, 0.3) is 0 Å². The van der Waals surface area contributed by atoms with Crippen LogP contribution in [-0.2, 0) is 0 Å². The molecule has 3 heterocycles. The van der Waals surface area contributed by atoms with Gasteiger partial charge in [0.05, 0.1) is 27.8 Å². The zero-order valence-corrected chi connectivity index (χ0v) is 29.4. The number of fused-ring (bicyclic) bond motifs is 11. The summed E-state index contributed by atoms with van der Waals surface area (Å²) >= 11 is 1.87. The molecule has 12 rings (SSSR count). The molecule has 0 saturated carbocycles. The zero-order chi connectivity index (χ0) is 34.6. The van der Waals surface area contributed by atoms with Crippen LogP contribution >= 0.6 is 11.3 Å². The van der Waals surface area contributed by atoms with Crippen LogP contribution < -0.4 is 0 Å². The maximum Gasteiger partial charge on any atom is 0.0547 e. The first-order chi connectivity index (χ1) is 26.3. The van der Waals surface area contributed by atoms with Crippen molar-refractivity contribution in [3.8, 4) is 22.5 Å². The van der Waals surface area contributed by atoms with Crippen molar-refractivity contribution in [2.45, 2.75) is 0 Å². The van der Waals surface area contributed by atoms with Crippen molar-refractivity contribution in [3.63, 3.8) is 0 Å². The summed E-state index contributed by atoms with van der Waals surface area (Å²) in [6.07, 6.45) is 0. The number of rotatable bonds is 3. The molecule has 3 aromatic heterocycles. The van der Waals surface area contributed by atoms with Crippen LogP contribution in [0.3, 0.4) is 0 Å². The number of hydrogen-bond acceptors (Lipinski definition) is 1. The lowest BCUT2D eigenvalue weighted by atomic mass is 10.00. The van der Waals surface area contributed by atoms with Crippen molar-refractivity contribution in [1.82, 2.24) is 9.13 Å². The Hall–Kier alpha value is -6.68. The van der Waals surface area contributed by atoms with Crippen LogP contribution in [0, 0.1) is 0 Å². The Morgan fingerprint density at radius 1 is 0.302 bits per heavy atom. The molecule has 0 aliphatic heterocycles. The normalized spacial score (nSPS) is 12.2. The summed E-state index contributed by atoms with van der Waals surface area (Å²) < 4.78 is 7.54. The highest BCUT2D eigenvalue weighted by Crippen LogP contribution is 2.41. The molecule has 0 radical (unpaired) electrons. The lowest BCUT2D eigenvalue weighted by Crippen LogP contribution is -1.95. The van der Waals surface area contributed by atoms with E-state index in [9.17, 15) is 0 Å². The van der Waals surface area contributed by atoms with E-state index >= 15 is 0 Å². The topological polar surface area (TPSA) is 9.86 Å². The summed E-state index contributed by atoms with van der Waals surface area (Å²) in [5.41, 5.74) is 9.71. The average Bonchev–Trinajstić information content (AvgIpc) is 3.86. The Morgan fingerprint density at radius 3 is 1.72 bits per heavy atom. The van der Waals surface area contributed by atoms with E-state index in [1.807, 2.05) is 11.3 Å². The minimum atomic E-state index is 1.19. The van der Waals surface area contributed by atoms with Gasteiger partial charge in [-0.25, -0.2) is 0 Å². The molecule has 0 N–H and O–H groups in total. The maximum atomic E-state index is 2.46. The monoisotopic (exact) mass is 690 g/mol. The molecule has 2 nitrogen and oxygen atoms in total. The summed E-state index contributed by atoms with van der Waals surface area (Å²) in [5.74, 6) is 0. The van der Waals surface area contributed by atoms with Crippen LogP contribution in [0.1, 0.15) is 0 Å². The van der Waals surface area contributed by atoms with Crippen molar-refractivity contribution < 1.29 is 0 Å². The van der Waals surface area contributed by atoms with Crippen molar-refractivity contribution in [1.29, 1.82) is 0 Å². The lowest BCUT2D eigenvalue weighted by Gasteiger charge is -2.12. The van der Waals surface area contributed by atoms with E-state index in [1.54, 1.807) is 0 Å². The van der Waals surface area contributed by atoms with E-state index in [2.05, 4.69) is 191 Å². The van der Waals surface area contributed by atoms with Gasteiger partial charge in [0.15, 0.2) is 0 Å². The Labute approximate surface area is 309 Å². The van der Waals surface area contributed by atoms with Crippen molar-refractivity contribution >= 4 is 96.7 Å². The van der Waals surface area contributed by atoms with Gasteiger partial charge in [0.2, 0.25) is 0 Å². The molecule has 0 unspecified atom stereocenters. The lowest BCUT2D eigenvalue weighted by molar-refractivity contribution is 1.19. The third-order valence-electron chi connectivity index (χ3n) is 11.3. The molecule has 9 aromatic carbocycles. The number of hydrogen-bond donors (Lipinski definition) is 0. The molecule has 0 spiro atoms. The minimum absolute atomic E-state index is 1.19. The van der Waals surface area contributed by atoms with Gasteiger partial charge in [0.1, 0.15) is 0 Å². The highest BCUT2D eigenvalue weighted by molar-refractivity contribution is 7.25. The van der Waals surface area contributed by atoms with E-state index < -0.39 is 0 Å². The fourth-order valence-electron chi connectivity index (χ4n) is 8.83. The third-order valence-corrected chi connectivity index (χ3v) is 12.4. The molecule has 0 aliphatic carbocycles. The molecule has 0 aliphatic rings. The van der Waals surface area contributed by atoms with Crippen LogP contribution in [0.15, 0.2) is 182 Å². The molecule has 0 saturated heterocycles. The SMILES string of the molecule is c1ccc2cc3c(cc2c1)c1cc(-c2ccc4c(c2)c2ccccc2n4-c2cccc4ccccc24)ccc1n3-c1ccc2c(c1)sc1ccccc12. The van der Waals surface area contributed by atoms with Crippen LogP contribution in [0.4, 0.5) is 0 Å². The number of thiophene rings is 1. The van der Waals surface area contributed by atoms with E-state index in [0.717, 1.165) is 0 Å². The largest absolute Gasteiger partial charge is 0.309 e. The van der Waals surface area contributed by atoms with Gasteiger partial charge in [-0.3, -0.25) is 0 Å². The zero-order valence-electron chi connectivity index (χ0n) is 28.6. The standard InChI is InChI=1S/C50H30N2S/c1-2-12-33-29-48-43(26-32(33)11-1)42-28-35(20-24-46(42)51(48)36-22-23-40-39-16-6-8-19-49(39)53-50(40)30-36)34-21-25-47-41(27-34)38-15-5-7-17-45(38)52(47)44-18-9-13-31-10-3-4-14-37(31)44/h1-30H. The van der Waals surface area contributed by atoms with E-state index in [0.29, 0.717) is 0 Å². The van der Waals surface area contributed by atoms with Gasteiger partial charge in [-0.2, -0.15) is 0 Å². The highest BCUT2D eigenvalue weighted by Gasteiger charge is 2.18. The van der Waals surface area contributed by atoms with Gasteiger partial charge in [0, 0.05) is 52.8 Å². The highest BCUT2D eigenvalue weighted by atomic mass is 32.1. The number of benzene rings is 9. The van der Waals surface area contributed by atoms with Crippen LogP contribution in [0.25, 0.3) is 108 Å². The minimum Gasteiger partial charge on any atom is -0.309 e. The summed E-state index contributed by atoms with van der Waals surface area (Å²) in [4.78, 5) is 0.